The summed E-state index contributed by atoms with van der Waals surface area (Å²) in [4.78, 5) is 21.6. The van der Waals surface area contributed by atoms with Crippen LogP contribution in [0.1, 0.15) is 30.9 Å². The number of nitrogens with zero attached hydrogens (tertiary/aromatic N) is 6. The number of halogens is 3. The van der Waals surface area contributed by atoms with Crippen molar-refractivity contribution in [3.05, 3.63) is 78.3 Å². The molecule has 5 aromatic rings. The molecule has 0 spiro atoms. The van der Waals surface area contributed by atoms with E-state index in [1.165, 1.54) is 6.07 Å². The molecule has 0 radical (unpaired) electrons. The Hall–Kier alpha value is -4.28. The average molecular weight is 509 g/mol. The molecular weight excluding hydrogens is 485 g/mol. The van der Waals surface area contributed by atoms with Crippen molar-refractivity contribution in [2.75, 3.05) is 0 Å². The number of hydrogen-bond donors (Lipinski definition) is 0. The van der Waals surface area contributed by atoms with Gasteiger partial charge >= 0.3 is 6.18 Å². The summed E-state index contributed by atoms with van der Waals surface area (Å²) in [7, 11) is 1.84. The number of aryl methyl sites for hydroxylation is 1. The summed E-state index contributed by atoms with van der Waals surface area (Å²) in [5.41, 5.74) is 2.92. The number of fused-ring (bicyclic) bond motifs is 1. The lowest BCUT2D eigenvalue weighted by atomic mass is 9.89. The molecule has 190 valence electrons. The zero-order valence-corrected chi connectivity index (χ0v) is 20.3. The summed E-state index contributed by atoms with van der Waals surface area (Å²) in [6.45, 7) is 2.03. The zero-order chi connectivity index (χ0) is 26.4. The number of aromatic nitrogens is 6. The number of ketones is 1. The Morgan fingerprint density at radius 1 is 1.00 bits per heavy atom. The molecule has 0 aliphatic heterocycles. The summed E-state index contributed by atoms with van der Waals surface area (Å²) < 4.78 is 48.1. The van der Waals surface area contributed by atoms with Gasteiger partial charge in [-0.2, -0.15) is 18.3 Å². The predicted molar refractivity (Wildman–Crippen MR) is 129 cm³/mol. The van der Waals surface area contributed by atoms with Crippen molar-refractivity contribution >= 4 is 11.4 Å². The number of benzene rings is 1. The maximum atomic E-state index is 13.2. The molecule has 0 fully saturated rings. The molecule has 5 rings (SSSR count). The Balaban J connectivity index is 1.27. The molecule has 8 nitrogen and oxygen atoms in total. The van der Waals surface area contributed by atoms with Crippen LogP contribution in [-0.2, 0) is 30.1 Å². The molecular formula is C26H23F3N6O2. The second kappa shape index (κ2) is 8.99. The minimum atomic E-state index is -4.49. The van der Waals surface area contributed by atoms with Crippen LogP contribution in [0, 0.1) is 0 Å². The van der Waals surface area contributed by atoms with Gasteiger partial charge in [0.1, 0.15) is 23.2 Å². The first-order chi connectivity index (χ1) is 17.5. The van der Waals surface area contributed by atoms with Crippen molar-refractivity contribution in [3.63, 3.8) is 0 Å². The van der Waals surface area contributed by atoms with E-state index in [2.05, 4.69) is 20.2 Å². The maximum Gasteiger partial charge on any atom is 0.401 e. The van der Waals surface area contributed by atoms with Gasteiger partial charge < -0.3 is 4.52 Å². The Morgan fingerprint density at radius 3 is 2.43 bits per heavy atom. The van der Waals surface area contributed by atoms with Gasteiger partial charge in [-0.1, -0.05) is 29.4 Å². The highest BCUT2D eigenvalue weighted by Gasteiger charge is 2.51. The van der Waals surface area contributed by atoms with Crippen molar-refractivity contribution in [1.82, 2.24) is 29.3 Å². The molecule has 0 bridgehead atoms. The Bertz CT molecular complexity index is 1580. The van der Waals surface area contributed by atoms with E-state index in [1.807, 2.05) is 48.0 Å². The molecule has 11 heteroatoms. The molecule has 37 heavy (non-hydrogen) atoms. The maximum absolute atomic E-state index is 13.2. The number of carbonyl (C=O) groups excluding carboxylic acids is 1. The van der Waals surface area contributed by atoms with Crippen LogP contribution in [-0.4, -0.2) is 41.3 Å². The molecule has 4 heterocycles. The smallest absolute Gasteiger partial charge is 0.360 e. The van der Waals surface area contributed by atoms with E-state index in [4.69, 9.17) is 4.52 Å². The van der Waals surface area contributed by atoms with E-state index in [0.717, 1.165) is 47.6 Å². The first-order valence-corrected chi connectivity index (χ1v) is 11.5. The number of rotatable bonds is 7. The molecule has 1 aromatic carbocycles. The van der Waals surface area contributed by atoms with Crippen LogP contribution in [0.25, 0.3) is 28.2 Å². The first-order valence-electron chi connectivity index (χ1n) is 11.5. The van der Waals surface area contributed by atoms with Gasteiger partial charge in [-0.3, -0.25) is 13.9 Å². The van der Waals surface area contributed by atoms with Crippen LogP contribution in [0.2, 0.25) is 0 Å². The topological polar surface area (TPSA) is 91.1 Å². The van der Waals surface area contributed by atoms with E-state index in [1.54, 1.807) is 23.4 Å². The molecule has 4 aromatic heterocycles. The third-order valence-corrected chi connectivity index (χ3v) is 6.32. The van der Waals surface area contributed by atoms with Gasteiger partial charge in [-0.05, 0) is 19.4 Å². The number of Topliss-reactive ketones (excluding diaryl/α,β-unsaturated/α-hetero) is 1. The van der Waals surface area contributed by atoms with Crippen molar-refractivity contribution in [1.29, 1.82) is 0 Å². The molecule has 0 aliphatic carbocycles. The van der Waals surface area contributed by atoms with Crippen molar-refractivity contribution in [2.24, 2.45) is 7.05 Å². The summed E-state index contributed by atoms with van der Waals surface area (Å²) in [6.07, 6.45) is 2.61. The molecule has 0 amide bonds. The number of imidazole rings is 1. The number of hydrogen-bond acceptors (Lipinski definition) is 6. The van der Waals surface area contributed by atoms with Crippen LogP contribution in [0.3, 0.4) is 0 Å². The fraction of sp³-hybridized carbons (Fsp3) is 0.269. The summed E-state index contributed by atoms with van der Waals surface area (Å²) in [5, 5.41) is 7.84. The predicted octanol–water partition coefficient (Wildman–Crippen LogP) is 4.98. The summed E-state index contributed by atoms with van der Waals surface area (Å²) >= 11 is 0. The van der Waals surface area contributed by atoms with Crippen LogP contribution >= 0.6 is 0 Å². The fourth-order valence-corrected chi connectivity index (χ4v) is 3.92. The van der Waals surface area contributed by atoms with Gasteiger partial charge in [0.15, 0.2) is 5.76 Å². The molecule has 0 N–H and O–H groups in total. The van der Waals surface area contributed by atoms with Crippen molar-refractivity contribution < 1.29 is 22.5 Å². The van der Waals surface area contributed by atoms with Crippen LogP contribution in [0.15, 0.2) is 65.8 Å². The van der Waals surface area contributed by atoms with Gasteiger partial charge in [-0.25, -0.2) is 9.97 Å². The highest BCUT2D eigenvalue weighted by atomic mass is 19.4. The highest BCUT2D eigenvalue weighted by Crippen LogP contribution is 2.40. The SMILES string of the molecule is Cn1cc(-c2cc3ncc(-c4ccc(CC(=O)Cc5cc(C(C)(C)C(F)(F)F)on5)cc4)n3cn2)cn1. The van der Waals surface area contributed by atoms with Crippen LogP contribution in [0.5, 0.6) is 0 Å². The highest BCUT2D eigenvalue weighted by molar-refractivity contribution is 5.83. The summed E-state index contributed by atoms with van der Waals surface area (Å²) in [6, 6.07) is 10.5. The lowest BCUT2D eigenvalue weighted by Crippen LogP contribution is -2.35. The molecule has 0 saturated carbocycles. The third-order valence-electron chi connectivity index (χ3n) is 6.32. The standard InChI is InChI=1S/C26H23F3N6O2/c1-25(2,26(27,28)29)23-10-19(33-37-23)9-20(36)8-16-4-6-17(7-5-16)22-13-30-24-11-21(31-15-35(22)24)18-12-32-34(3)14-18/h4-7,10-15H,8-9H2,1-3H3. The minimum Gasteiger partial charge on any atom is -0.360 e. The average Bonchev–Trinajstić information content (AvgIpc) is 3.58. The van der Waals surface area contributed by atoms with E-state index in [-0.39, 0.29) is 30.1 Å². The minimum absolute atomic E-state index is 0.114. The normalized spacial score (nSPS) is 12.4. The Kier molecular flexibility index (Phi) is 5.93. The van der Waals surface area contributed by atoms with Gasteiger partial charge in [0.2, 0.25) is 0 Å². The lowest BCUT2D eigenvalue weighted by molar-refractivity contribution is -0.185. The van der Waals surface area contributed by atoms with E-state index < -0.39 is 11.6 Å². The second-order valence-electron chi connectivity index (χ2n) is 9.44. The quantitative estimate of drug-likeness (QED) is 0.308. The largest absolute Gasteiger partial charge is 0.401 e. The van der Waals surface area contributed by atoms with Crippen molar-refractivity contribution in [2.45, 2.75) is 38.3 Å². The zero-order valence-electron chi connectivity index (χ0n) is 20.3. The van der Waals surface area contributed by atoms with Crippen LogP contribution < -0.4 is 0 Å². The van der Waals surface area contributed by atoms with E-state index >= 15 is 0 Å². The number of alkyl halides is 3. The van der Waals surface area contributed by atoms with Crippen molar-refractivity contribution in [3.8, 4) is 22.5 Å². The van der Waals surface area contributed by atoms with Gasteiger partial charge in [0, 0.05) is 42.9 Å². The molecule has 0 aliphatic rings. The second-order valence-corrected chi connectivity index (χ2v) is 9.44. The lowest BCUT2D eigenvalue weighted by Gasteiger charge is -2.24. The van der Waals surface area contributed by atoms with E-state index in [0.29, 0.717) is 0 Å². The molecule has 0 saturated heterocycles. The van der Waals surface area contributed by atoms with Gasteiger partial charge in [0.05, 0.1) is 35.9 Å². The summed E-state index contributed by atoms with van der Waals surface area (Å²) in [5.74, 6) is -0.499. The Labute approximate surface area is 209 Å². The van der Waals surface area contributed by atoms with Gasteiger partial charge in [0.25, 0.3) is 0 Å². The monoisotopic (exact) mass is 508 g/mol. The Morgan fingerprint density at radius 2 is 1.76 bits per heavy atom. The molecule has 0 atom stereocenters. The van der Waals surface area contributed by atoms with Gasteiger partial charge in [-0.15, -0.1) is 0 Å². The fourth-order valence-electron chi connectivity index (χ4n) is 3.92. The third kappa shape index (κ3) is 4.76. The van der Waals surface area contributed by atoms with E-state index in [9.17, 15) is 18.0 Å². The number of carbonyl (C=O) groups is 1. The first kappa shape index (κ1) is 24.4. The molecule has 0 unspecified atom stereocenters. The van der Waals surface area contributed by atoms with Crippen LogP contribution in [0.4, 0.5) is 13.2 Å².